The van der Waals surface area contributed by atoms with Crippen LogP contribution < -0.4 is 0 Å². The minimum Gasteiger partial charge on any atom is -0.365 e. The number of hydrogen-bond donors (Lipinski definition) is 0. The van der Waals surface area contributed by atoms with Crippen LogP contribution >= 0.6 is 11.6 Å². The van der Waals surface area contributed by atoms with Crippen LogP contribution in [0.4, 0.5) is 0 Å². The fourth-order valence-electron chi connectivity index (χ4n) is 2.78. The fraction of sp³-hybridized carbons (Fsp3) is 0.769. The van der Waals surface area contributed by atoms with Crippen LogP contribution in [0.2, 0.25) is 18.1 Å². The van der Waals surface area contributed by atoms with Gasteiger partial charge in [-0.05, 0) is 17.0 Å². The van der Waals surface area contributed by atoms with Crippen molar-refractivity contribution in [1.29, 1.82) is 0 Å². The lowest BCUT2D eigenvalue weighted by Gasteiger charge is -2.57. The second-order valence-corrected chi connectivity index (χ2v) is 12.1. The molecule has 2 rings (SSSR count). The number of rotatable bonds is 2. The maximum Gasteiger partial charge on any atom is 0.224 e. The first-order valence-electron chi connectivity index (χ1n) is 6.30. The highest BCUT2D eigenvalue weighted by Crippen LogP contribution is 2.49. The van der Waals surface area contributed by atoms with Gasteiger partial charge in [-0.25, -0.2) is 0 Å². The number of amides is 1. The van der Waals surface area contributed by atoms with E-state index in [0.717, 1.165) is 12.0 Å². The summed E-state index contributed by atoms with van der Waals surface area (Å²) in [6.07, 6.45) is 3.18. The van der Waals surface area contributed by atoms with Crippen LogP contribution in [0.5, 0.6) is 0 Å². The summed E-state index contributed by atoms with van der Waals surface area (Å²) in [5, 5.41) is 0.220. The summed E-state index contributed by atoms with van der Waals surface area (Å²) in [5.41, 5.74) is 1.15. The molecule has 96 valence electrons. The number of carbonyl (C=O) groups excluding carboxylic acids is 1. The molecule has 0 aromatic carbocycles. The highest BCUT2D eigenvalue weighted by Gasteiger charge is 2.58. The molecule has 0 unspecified atom stereocenters. The van der Waals surface area contributed by atoms with Gasteiger partial charge in [-0.3, -0.25) is 4.79 Å². The van der Waals surface area contributed by atoms with Gasteiger partial charge >= 0.3 is 0 Å². The molecule has 0 N–H and O–H groups in total. The molecule has 0 spiro atoms. The van der Waals surface area contributed by atoms with Gasteiger partial charge in [0.25, 0.3) is 0 Å². The van der Waals surface area contributed by atoms with Crippen molar-refractivity contribution in [3.05, 3.63) is 11.6 Å². The van der Waals surface area contributed by atoms with E-state index < -0.39 is 8.24 Å². The molecule has 1 amide bonds. The standard InChI is InChI=1S/C13H22ClNOSi/c1-13(2,3)17(4,5)15-10-7-6-9(8-14)11(10)12(15)16/h6,10-11H,7-8H2,1-5H3/t10-,11+/m1/s1. The van der Waals surface area contributed by atoms with Gasteiger partial charge in [0.15, 0.2) is 8.24 Å². The third-order valence-corrected chi connectivity index (χ3v) is 10.6. The van der Waals surface area contributed by atoms with Gasteiger partial charge < -0.3 is 4.57 Å². The van der Waals surface area contributed by atoms with E-state index in [-0.39, 0.29) is 11.0 Å². The molecule has 1 aliphatic heterocycles. The smallest absolute Gasteiger partial charge is 0.224 e. The van der Waals surface area contributed by atoms with E-state index in [1.54, 1.807) is 0 Å². The average Bonchev–Trinajstić information content (AvgIpc) is 2.53. The first-order chi connectivity index (χ1) is 7.71. The van der Waals surface area contributed by atoms with E-state index in [1.165, 1.54) is 0 Å². The van der Waals surface area contributed by atoms with Crippen molar-refractivity contribution in [3.63, 3.8) is 0 Å². The number of fused-ring (bicyclic) bond motifs is 1. The van der Waals surface area contributed by atoms with Crippen molar-refractivity contribution in [2.45, 2.75) is 51.4 Å². The van der Waals surface area contributed by atoms with Crippen molar-refractivity contribution >= 4 is 25.7 Å². The van der Waals surface area contributed by atoms with E-state index in [2.05, 4.69) is 44.5 Å². The molecule has 2 nitrogen and oxygen atoms in total. The number of nitrogens with zero attached hydrogens (tertiary/aromatic N) is 1. The molecule has 0 radical (unpaired) electrons. The van der Waals surface area contributed by atoms with Crippen LogP contribution in [0.1, 0.15) is 27.2 Å². The summed E-state index contributed by atoms with van der Waals surface area (Å²) in [6.45, 7) is 11.4. The molecule has 1 heterocycles. The predicted octanol–water partition coefficient (Wildman–Crippen LogP) is 3.39. The maximum absolute atomic E-state index is 12.4. The highest BCUT2D eigenvalue weighted by atomic mass is 35.5. The minimum absolute atomic E-state index is 0.113. The molecule has 0 bridgehead atoms. The summed E-state index contributed by atoms with van der Waals surface area (Å²) in [6, 6.07) is 0.414. The normalized spacial score (nSPS) is 28.9. The van der Waals surface area contributed by atoms with Gasteiger partial charge in [-0.2, -0.15) is 0 Å². The lowest BCUT2D eigenvalue weighted by atomic mass is 9.89. The summed E-state index contributed by atoms with van der Waals surface area (Å²) in [4.78, 5) is 12.4. The third-order valence-electron chi connectivity index (χ3n) is 4.83. The quantitative estimate of drug-likeness (QED) is 0.326. The van der Waals surface area contributed by atoms with E-state index in [9.17, 15) is 4.79 Å². The molecule has 1 aliphatic carbocycles. The van der Waals surface area contributed by atoms with Crippen molar-refractivity contribution < 1.29 is 4.79 Å². The van der Waals surface area contributed by atoms with Crippen LogP contribution in [0, 0.1) is 5.92 Å². The molecule has 2 aliphatic rings. The Morgan fingerprint density at radius 1 is 1.47 bits per heavy atom. The van der Waals surface area contributed by atoms with Gasteiger partial charge in [0.2, 0.25) is 5.91 Å². The lowest BCUT2D eigenvalue weighted by molar-refractivity contribution is -0.144. The minimum atomic E-state index is -1.71. The molecule has 0 saturated carbocycles. The van der Waals surface area contributed by atoms with Crippen LogP contribution in [0.25, 0.3) is 0 Å². The van der Waals surface area contributed by atoms with Gasteiger partial charge in [-0.1, -0.05) is 39.9 Å². The average molecular weight is 272 g/mol. The molecular formula is C13H22ClNOSi. The first-order valence-corrected chi connectivity index (χ1v) is 9.78. The van der Waals surface area contributed by atoms with Crippen LogP contribution in [0.3, 0.4) is 0 Å². The molecule has 17 heavy (non-hydrogen) atoms. The maximum atomic E-state index is 12.4. The topological polar surface area (TPSA) is 20.3 Å². The summed E-state index contributed by atoms with van der Waals surface area (Å²) >= 11 is 5.89. The summed E-state index contributed by atoms with van der Waals surface area (Å²) < 4.78 is 2.22. The zero-order valence-electron chi connectivity index (χ0n) is 11.4. The lowest BCUT2D eigenvalue weighted by Crippen LogP contribution is -2.71. The van der Waals surface area contributed by atoms with E-state index in [4.69, 9.17) is 11.6 Å². The van der Waals surface area contributed by atoms with Crippen LogP contribution in [-0.4, -0.2) is 30.6 Å². The largest absolute Gasteiger partial charge is 0.365 e. The predicted molar refractivity (Wildman–Crippen MR) is 74.7 cm³/mol. The Kier molecular flexibility index (Phi) is 2.98. The monoisotopic (exact) mass is 271 g/mol. The number of hydrogen-bond acceptors (Lipinski definition) is 1. The number of β-lactam (4-membered cyclic amide) rings is 1. The number of carbonyl (C=O) groups is 1. The molecular weight excluding hydrogens is 250 g/mol. The Morgan fingerprint density at radius 2 is 2.06 bits per heavy atom. The Balaban J connectivity index is 2.22. The Hall–Kier alpha value is -0.283. The molecule has 1 fully saturated rings. The molecule has 0 aromatic heterocycles. The SMILES string of the molecule is CC(C)(C)[Si](C)(C)N1C(=O)[C@H]2C(CCl)=CC[C@H]21. The third kappa shape index (κ3) is 1.70. The van der Waals surface area contributed by atoms with E-state index >= 15 is 0 Å². The second kappa shape index (κ2) is 3.85. The van der Waals surface area contributed by atoms with E-state index in [1.807, 2.05) is 0 Å². The number of alkyl halides is 1. The van der Waals surface area contributed by atoms with E-state index in [0.29, 0.717) is 17.8 Å². The Bertz CT molecular complexity index is 383. The van der Waals surface area contributed by atoms with Gasteiger partial charge in [0.05, 0.1) is 5.92 Å². The van der Waals surface area contributed by atoms with Crippen molar-refractivity contribution in [3.8, 4) is 0 Å². The Labute approximate surface area is 110 Å². The fourth-order valence-corrected chi connectivity index (χ4v) is 5.55. The van der Waals surface area contributed by atoms with Gasteiger partial charge in [0.1, 0.15) is 0 Å². The summed E-state index contributed by atoms with van der Waals surface area (Å²) in [5.74, 6) is 0.950. The van der Waals surface area contributed by atoms with Crippen LogP contribution in [0.15, 0.2) is 11.6 Å². The van der Waals surface area contributed by atoms with Gasteiger partial charge in [0, 0.05) is 11.9 Å². The zero-order chi connectivity index (χ0) is 13.0. The van der Waals surface area contributed by atoms with Crippen molar-refractivity contribution in [1.82, 2.24) is 4.57 Å². The van der Waals surface area contributed by atoms with Gasteiger partial charge in [-0.15, -0.1) is 11.6 Å². The molecule has 2 atom stereocenters. The summed E-state index contributed by atoms with van der Waals surface area (Å²) in [7, 11) is -1.71. The molecule has 4 heteroatoms. The van der Waals surface area contributed by atoms with Crippen LogP contribution in [-0.2, 0) is 4.79 Å². The molecule has 0 aromatic rings. The Morgan fingerprint density at radius 3 is 2.53 bits per heavy atom. The zero-order valence-corrected chi connectivity index (χ0v) is 13.1. The van der Waals surface area contributed by atoms with Crippen molar-refractivity contribution in [2.75, 3.05) is 5.88 Å². The van der Waals surface area contributed by atoms with Crippen molar-refractivity contribution in [2.24, 2.45) is 5.92 Å². The first kappa shape index (κ1) is 13.2. The highest BCUT2D eigenvalue weighted by molar-refractivity contribution is 6.80. The second-order valence-electron chi connectivity index (χ2n) is 6.71. The number of halogens is 1. The molecule has 1 saturated heterocycles.